The first kappa shape index (κ1) is 16.5. The van der Waals surface area contributed by atoms with E-state index in [1.54, 1.807) is 0 Å². The number of carbonyl (C=O) groups excluding carboxylic acids is 2. The smallest absolute Gasteiger partial charge is 0.309 e. The summed E-state index contributed by atoms with van der Waals surface area (Å²) in [5, 5.41) is 0. The number of hydrogen-bond acceptors (Lipinski definition) is 3. The summed E-state index contributed by atoms with van der Waals surface area (Å²) in [6, 6.07) is 10.1. The zero-order chi connectivity index (χ0) is 15.8. The second-order valence-electron chi connectivity index (χ2n) is 5.81. The maximum absolute atomic E-state index is 12.2. The summed E-state index contributed by atoms with van der Waals surface area (Å²) in [7, 11) is 0. The summed E-state index contributed by atoms with van der Waals surface area (Å²) < 4.78 is 5.19. The van der Waals surface area contributed by atoms with E-state index in [0.29, 0.717) is 26.1 Å². The highest BCUT2D eigenvalue weighted by Crippen LogP contribution is 2.19. The van der Waals surface area contributed by atoms with E-state index >= 15 is 0 Å². The van der Waals surface area contributed by atoms with Crippen LogP contribution in [-0.4, -0.2) is 36.5 Å². The van der Waals surface area contributed by atoms with Gasteiger partial charge in [0.15, 0.2) is 0 Å². The van der Waals surface area contributed by atoms with E-state index in [-0.39, 0.29) is 17.8 Å². The third-order valence-corrected chi connectivity index (χ3v) is 4.10. The van der Waals surface area contributed by atoms with Gasteiger partial charge in [-0.3, -0.25) is 9.59 Å². The molecule has 1 amide bonds. The minimum atomic E-state index is -0.0989. The summed E-state index contributed by atoms with van der Waals surface area (Å²) in [6.45, 7) is 3.81. The quantitative estimate of drug-likeness (QED) is 0.759. The zero-order valence-electron chi connectivity index (χ0n) is 13.3. The molecule has 0 unspecified atom stereocenters. The van der Waals surface area contributed by atoms with Crippen LogP contribution in [0.4, 0.5) is 0 Å². The Balaban J connectivity index is 1.72. The number of rotatable bonds is 6. The SMILES string of the molecule is CCCOC(=O)C1CCN(C(=O)CCc2ccccc2)CC1. The Bertz CT molecular complexity index is 478. The van der Waals surface area contributed by atoms with E-state index in [0.717, 1.165) is 25.7 Å². The molecule has 1 fully saturated rings. The second-order valence-corrected chi connectivity index (χ2v) is 5.81. The molecule has 120 valence electrons. The van der Waals surface area contributed by atoms with E-state index in [9.17, 15) is 9.59 Å². The maximum atomic E-state index is 12.2. The molecule has 0 aromatic heterocycles. The van der Waals surface area contributed by atoms with Crippen LogP contribution >= 0.6 is 0 Å². The van der Waals surface area contributed by atoms with Crippen molar-refractivity contribution in [3.05, 3.63) is 35.9 Å². The van der Waals surface area contributed by atoms with Crippen LogP contribution < -0.4 is 0 Å². The Morgan fingerprint density at radius 2 is 1.86 bits per heavy atom. The number of amides is 1. The van der Waals surface area contributed by atoms with Crippen molar-refractivity contribution in [2.45, 2.75) is 39.0 Å². The van der Waals surface area contributed by atoms with Gasteiger partial charge in [0.05, 0.1) is 12.5 Å². The molecular weight excluding hydrogens is 278 g/mol. The Kier molecular flexibility index (Phi) is 6.44. The lowest BCUT2D eigenvalue weighted by Gasteiger charge is -2.31. The van der Waals surface area contributed by atoms with Gasteiger partial charge >= 0.3 is 5.97 Å². The first-order valence-electron chi connectivity index (χ1n) is 8.19. The molecule has 2 rings (SSSR count). The Morgan fingerprint density at radius 1 is 1.18 bits per heavy atom. The molecule has 0 atom stereocenters. The molecule has 4 nitrogen and oxygen atoms in total. The van der Waals surface area contributed by atoms with Crippen molar-refractivity contribution in [2.75, 3.05) is 19.7 Å². The summed E-state index contributed by atoms with van der Waals surface area (Å²) in [5.74, 6) is 0.0483. The lowest BCUT2D eigenvalue weighted by molar-refractivity contribution is -0.151. The Morgan fingerprint density at radius 3 is 2.50 bits per heavy atom. The fourth-order valence-corrected chi connectivity index (χ4v) is 2.74. The van der Waals surface area contributed by atoms with Gasteiger partial charge in [0.1, 0.15) is 0 Å². The van der Waals surface area contributed by atoms with Gasteiger partial charge < -0.3 is 9.64 Å². The van der Waals surface area contributed by atoms with Crippen LogP contribution in [0.25, 0.3) is 0 Å². The van der Waals surface area contributed by atoms with Crippen molar-refractivity contribution in [3.8, 4) is 0 Å². The Labute approximate surface area is 132 Å². The van der Waals surface area contributed by atoms with Crippen molar-refractivity contribution in [1.29, 1.82) is 0 Å². The van der Waals surface area contributed by atoms with Gasteiger partial charge in [-0.05, 0) is 31.2 Å². The van der Waals surface area contributed by atoms with Crippen molar-refractivity contribution in [2.24, 2.45) is 5.92 Å². The van der Waals surface area contributed by atoms with Gasteiger partial charge in [0.25, 0.3) is 0 Å². The number of ether oxygens (including phenoxy) is 1. The normalized spacial score (nSPS) is 15.6. The number of likely N-dealkylation sites (tertiary alicyclic amines) is 1. The van der Waals surface area contributed by atoms with Crippen LogP contribution in [0.1, 0.15) is 38.2 Å². The summed E-state index contributed by atoms with van der Waals surface area (Å²) in [5.41, 5.74) is 1.19. The molecule has 1 aromatic carbocycles. The van der Waals surface area contributed by atoms with E-state index in [2.05, 4.69) is 0 Å². The molecule has 0 radical (unpaired) electrons. The molecule has 1 heterocycles. The summed E-state index contributed by atoms with van der Waals surface area (Å²) in [4.78, 5) is 25.9. The lowest BCUT2D eigenvalue weighted by atomic mass is 9.96. The molecule has 1 aliphatic heterocycles. The van der Waals surface area contributed by atoms with Crippen LogP contribution in [0.15, 0.2) is 30.3 Å². The standard InChI is InChI=1S/C18H25NO3/c1-2-14-22-18(21)16-10-12-19(13-11-16)17(20)9-8-15-6-4-3-5-7-15/h3-7,16H,2,8-14H2,1H3. The number of nitrogens with zero attached hydrogens (tertiary/aromatic N) is 1. The van der Waals surface area contributed by atoms with Crippen LogP contribution in [0, 0.1) is 5.92 Å². The van der Waals surface area contributed by atoms with Crippen LogP contribution in [-0.2, 0) is 20.7 Å². The summed E-state index contributed by atoms with van der Waals surface area (Å²) >= 11 is 0. The first-order valence-corrected chi connectivity index (χ1v) is 8.19. The molecule has 1 aliphatic rings. The van der Waals surface area contributed by atoms with Crippen molar-refractivity contribution in [3.63, 3.8) is 0 Å². The molecule has 1 aromatic rings. The third-order valence-electron chi connectivity index (χ3n) is 4.10. The molecule has 0 aliphatic carbocycles. The molecule has 0 saturated carbocycles. The van der Waals surface area contributed by atoms with E-state index in [4.69, 9.17) is 4.74 Å². The van der Waals surface area contributed by atoms with E-state index in [1.807, 2.05) is 42.2 Å². The number of piperidine rings is 1. The van der Waals surface area contributed by atoms with Crippen LogP contribution in [0.5, 0.6) is 0 Å². The van der Waals surface area contributed by atoms with Gasteiger partial charge in [-0.2, -0.15) is 0 Å². The number of esters is 1. The number of carbonyl (C=O) groups is 2. The molecule has 4 heteroatoms. The van der Waals surface area contributed by atoms with Crippen molar-refractivity contribution in [1.82, 2.24) is 4.90 Å². The van der Waals surface area contributed by atoms with E-state index < -0.39 is 0 Å². The molecule has 0 bridgehead atoms. The summed E-state index contributed by atoms with van der Waals surface area (Å²) in [6.07, 6.45) is 3.61. The number of hydrogen-bond donors (Lipinski definition) is 0. The minimum Gasteiger partial charge on any atom is -0.465 e. The number of aryl methyl sites for hydroxylation is 1. The molecular formula is C18H25NO3. The largest absolute Gasteiger partial charge is 0.465 e. The van der Waals surface area contributed by atoms with Gasteiger partial charge in [-0.15, -0.1) is 0 Å². The first-order chi connectivity index (χ1) is 10.7. The van der Waals surface area contributed by atoms with Crippen LogP contribution in [0.3, 0.4) is 0 Å². The fraction of sp³-hybridized carbons (Fsp3) is 0.556. The third kappa shape index (κ3) is 4.86. The highest BCUT2D eigenvalue weighted by Gasteiger charge is 2.27. The van der Waals surface area contributed by atoms with Gasteiger partial charge in [-0.1, -0.05) is 37.3 Å². The zero-order valence-corrected chi connectivity index (χ0v) is 13.3. The Hall–Kier alpha value is -1.84. The van der Waals surface area contributed by atoms with Crippen molar-refractivity contribution < 1.29 is 14.3 Å². The topological polar surface area (TPSA) is 46.6 Å². The average molecular weight is 303 g/mol. The maximum Gasteiger partial charge on any atom is 0.309 e. The van der Waals surface area contributed by atoms with Gasteiger partial charge in [0, 0.05) is 19.5 Å². The fourth-order valence-electron chi connectivity index (χ4n) is 2.74. The second kappa shape index (κ2) is 8.57. The minimum absolute atomic E-state index is 0.0373. The highest BCUT2D eigenvalue weighted by molar-refractivity contribution is 5.77. The molecule has 0 N–H and O–H groups in total. The monoisotopic (exact) mass is 303 g/mol. The van der Waals surface area contributed by atoms with Gasteiger partial charge in [0.2, 0.25) is 5.91 Å². The van der Waals surface area contributed by atoms with Crippen molar-refractivity contribution >= 4 is 11.9 Å². The number of benzene rings is 1. The van der Waals surface area contributed by atoms with Crippen LogP contribution in [0.2, 0.25) is 0 Å². The van der Waals surface area contributed by atoms with Gasteiger partial charge in [-0.25, -0.2) is 0 Å². The lowest BCUT2D eigenvalue weighted by Crippen LogP contribution is -2.40. The molecule has 0 spiro atoms. The van der Waals surface area contributed by atoms with E-state index in [1.165, 1.54) is 5.56 Å². The molecule has 22 heavy (non-hydrogen) atoms. The molecule has 1 saturated heterocycles. The predicted octanol–water partition coefficient (Wildman–Crippen LogP) is 2.81. The average Bonchev–Trinajstić information content (AvgIpc) is 2.58. The highest BCUT2D eigenvalue weighted by atomic mass is 16.5. The predicted molar refractivity (Wildman–Crippen MR) is 85.3 cm³/mol.